The molecule has 5 aromatic rings. The Kier molecular flexibility index (Phi) is 10.2. The predicted octanol–water partition coefficient (Wildman–Crippen LogP) is 9.43. The second-order valence-electron chi connectivity index (χ2n) is 10.7. The molecule has 1 heterocycles. The summed E-state index contributed by atoms with van der Waals surface area (Å²) in [5.41, 5.74) is 4.30. The van der Waals surface area contributed by atoms with E-state index < -0.39 is 0 Å². The number of aromatic nitrogens is 2. The lowest BCUT2D eigenvalue weighted by atomic mass is 9.96. The van der Waals surface area contributed by atoms with Gasteiger partial charge in [0.05, 0.1) is 30.8 Å². The number of ether oxygens (including phenoxy) is 3. The van der Waals surface area contributed by atoms with Crippen LogP contribution in [0.25, 0.3) is 22.3 Å². The second kappa shape index (κ2) is 14.1. The molecule has 0 aliphatic rings. The number of methoxy groups -OCH3 is 1. The van der Waals surface area contributed by atoms with Gasteiger partial charge in [0.25, 0.3) is 5.56 Å². The number of fused-ring (bicyclic) bond motifs is 1. The third-order valence-electron chi connectivity index (χ3n) is 7.24. The maximum atomic E-state index is 14.0. The van der Waals surface area contributed by atoms with Crippen LogP contribution in [0.15, 0.2) is 81.1 Å². The fourth-order valence-electron chi connectivity index (χ4n) is 4.98. The first-order valence-corrected chi connectivity index (χ1v) is 15.9. The monoisotopic (exact) mass is 707 g/mol. The first kappa shape index (κ1) is 32.5. The number of para-hydroxylation sites is 1. The van der Waals surface area contributed by atoms with Gasteiger partial charge in [0.1, 0.15) is 12.4 Å². The van der Waals surface area contributed by atoms with Crippen LogP contribution in [0.4, 0.5) is 0 Å². The molecule has 0 aliphatic carbocycles. The van der Waals surface area contributed by atoms with Crippen molar-refractivity contribution in [3.8, 4) is 28.6 Å². The van der Waals surface area contributed by atoms with E-state index in [1.54, 1.807) is 43.7 Å². The van der Waals surface area contributed by atoms with Crippen molar-refractivity contribution in [2.75, 3.05) is 13.7 Å². The van der Waals surface area contributed by atoms with E-state index >= 15 is 0 Å². The van der Waals surface area contributed by atoms with E-state index in [1.807, 2.05) is 50.2 Å². The third-order valence-corrected chi connectivity index (χ3v) is 8.29. The van der Waals surface area contributed by atoms with Crippen molar-refractivity contribution in [3.05, 3.63) is 114 Å². The van der Waals surface area contributed by atoms with Gasteiger partial charge in [-0.15, -0.1) is 0 Å². The topological polar surface area (TPSA) is 74.9 Å². The Labute approximate surface area is 280 Å². The van der Waals surface area contributed by atoms with E-state index in [0.717, 1.165) is 32.5 Å². The largest absolute Gasteiger partial charge is 0.494 e. The van der Waals surface area contributed by atoms with Gasteiger partial charge in [-0.1, -0.05) is 71.2 Å². The van der Waals surface area contributed by atoms with Gasteiger partial charge in [0.15, 0.2) is 17.3 Å². The lowest BCUT2D eigenvalue weighted by molar-refractivity contribution is 0.284. The summed E-state index contributed by atoms with van der Waals surface area (Å²) >= 11 is 16.0. The molecule has 4 aromatic carbocycles. The van der Waals surface area contributed by atoms with Crippen LogP contribution in [-0.2, 0) is 6.61 Å². The van der Waals surface area contributed by atoms with Crippen molar-refractivity contribution in [2.24, 2.45) is 5.10 Å². The van der Waals surface area contributed by atoms with E-state index in [0.29, 0.717) is 50.4 Å². The number of benzene rings is 4. The molecular formula is C35H32BrCl2N3O4. The zero-order chi connectivity index (χ0) is 32.2. The Hall–Kier alpha value is -3.85. The number of halogens is 3. The van der Waals surface area contributed by atoms with Crippen LogP contribution in [0.5, 0.6) is 17.2 Å². The Morgan fingerprint density at radius 3 is 2.51 bits per heavy atom. The number of hydrogen-bond donors (Lipinski definition) is 0. The SMILES string of the molecule is CCOc1cc(C)c(-c2nc3ccccc3c(=O)n2N=Cc2cc(Br)cc(OC)c2OCc2ccc(Cl)cc2Cl)cc1C(C)C. The minimum absolute atomic E-state index is 0.154. The maximum absolute atomic E-state index is 14.0. The van der Waals surface area contributed by atoms with Gasteiger partial charge < -0.3 is 14.2 Å². The van der Waals surface area contributed by atoms with E-state index in [9.17, 15) is 4.79 Å². The van der Waals surface area contributed by atoms with E-state index in [1.165, 1.54) is 4.68 Å². The molecule has 0 unspecified atom stereocenters. The highest BCUT2D eigenvalue weighted by Gasteiger charge is 2.19. The van der Waals surface area contributed by atoms with Gasteiger partial charge in [-0.05, 0) is 79.4 Å². The van der Waals surface area contributed by atoms with Crippen LogP contribution in [0.3, 0.4) is 0 Å². The average Bonchev–Trinajstić information content (AvgIpc) is 3.00. The van der Waals surface area contributed by atoms with Crippen LogP contribution >= 0.6 is 39.1 Å². The summed E-state index contributed by atoms with van der Waals surface area (Å²) in [5.74, 6) is 2.31. The Morgan fingerprint density at radius 1 is 1.02 bits per heavy atom. The van der Waals surface area contributed by atoms with Gasteiger partial charge in [0.2, 0.25) is 0 Å². The lowest BCUT2D eigenvalue weighted by Crippen LogP contribution is -2.21. The fourth-order valence-corrected chi connectivity index (χ4v) is 5.89. The van der Waals surface area contributed by atoms with Gasteiger partial charge in [-0.3, -0.25) is 4.79 Å². The Bertz CT molecular complexity index is 1970. The molecule has 0 bridgehead atoms. The van der Waals surface area contributed by atoms with Crippen molar-refractivity contribution in [2.45, 2.75) is 40.2 Å². The molecule has 0 spiro atoms. The molecular weight excluding hydrogens is 677 g/mol. The summed E-state index contributed by atoms with van der Waals surface area (Å²) in [4.78, 5) is 18.9. The average molecular weight is 709 g/mol. The highest BCUT2D eigenvalue weighted by molar-refractivity contribution is 9.10. The molecule has 45 heavy (non-hydrogen) atoms. The van der Waals surface area contributed by atoms with Gasteiger partial charge in [-0.25, -0.2) is 4.98 Å². The van der Waals surface area contributed by atoms with Gasteiger partial charge in [-0.2, -0.15) is 9.78 Å². The molecule has 0 saturated heterocycles. The van der Waals surface area contributed by atoms with Crippen molar-refractivity contribution < 1.29 is 14.2 Å². The fraction of sp³-hybridized carbons (Fsp3) is 0.229. The minimum Gasteiger partial charge on any atom is -0.494 e. The van der Waals surface area contributed by atoms with Crippen molar-refractivity contribution in [3.63, 3.8) is 0 Å². The maximum Gasteiger partial charge on any atom is 0.282 e. The molecule has 1 aromatic heterocycles. The number of rotatable bonds is 10. The van der Waals surface area contributed by atoms with Crippen molar-refractivity contribution in [1.29, 1.82) is 0 Å². The first-order chi connectivity index (χ1) is 21.6. The number of aryl methyl sites for hydroxylation is 1. The van der Waals surface area contributed by atoms with Crippen molar-refractivity contribution in [1.82, 2.24) is 9.66 Å². The van der Waals surface area contributed by atoms with Crippen LogP contribution in [0.2, 0.25) is 10.0 Å². The molecule has 0 amide bonds. The van der Waals surface area contributed by atoms with Crippen LogP contribution in [-0.4, -0.2) is 29.6 Å². The highest BCUT2D eigenvalue weighted by Crippen LogP contribution is 2.37. The summed E-state index contributed by atoms with van der Waals surface area (Å²) in [5, 5.41) is 6.19. The molecule has 7 nitrogen and oxygen atoms in total. The zero-order valence-electron chi connectivity index (χ0n) is 25.5. The molecule has 0 saturated carbocycles. The summed E-state index contributed by atoms with van der Waals surface area (Å²) in [6.45, 7) is 8.85. The minimum atomic E-state index is -0.302. The lowest BCUT2D eigenvalue weighted by Gasteiger charge is -2.18. The van der Waals surface area contributed by atoms with Crippen LogP contribution in [0.1, 0.15) is 48.9 Å². The van der Waals surface area contributed by atoms with Gasteiger partial charge in [0, 0.05) is 31.2 Å². The van der Waals surface area contributed by atoms with E-state index in [-0.39, 0.29) is 18.1 Å². The highest BCUT2D eigenvalue weighted by atomic mass is 79.9. The quantitative estimate of drug-likeness (QED) is 0.135. The number of nitrogens with zero attached hydrogens (tertiary/aromatic N) is 3. The van der Waals surface area contributed by atoms with Gasteiger partial charge >= 0.3 is 0 Å². The zero-order valence-corrected chi connectivity index (χ0v) is 28.6. The standard InChI is InChI=1S/C35H32BrCl2N3O4/c1-6-44-31-13-21(4)28(17-27(31)20(2)3)34-40-30-10-8-7-9-26(30)35(42)41(34)39-18-23-14-24(36)15-32(43-5)33(23)45-19-22-11-12-25(37)16-29(22)38/h7-18,20H,6,19H2,1-5H3. The normalized spacial score (nSPS) is 11.5. The molecule has 0 N–H and O–H groups in total. The van der Waals surface area contributed by atoms with E-state index in [4.69, 9.17) is 47.5 Å². The Morgan fingerprint density at radius 2 is 1.80 bits per heavy atom. The van der Waals surface area contributed by atoms with E-state index in [2.05, 4.69) is 29.8 Å². The summed E-state index contributed by atoms with van der Waals surface area (Å²) in [7, 11) is 1.56. The molecule has 0 fully saturated rings. The predicted molar refractivity (Wildman–Crippen MR) is 186 cm³/mol. The number of hydrogen-bond acceptors (Lipinski definition) is 6. The van der Waals surface area contributed by atoms with Crippen LogP contribution < -0.4 is 19.8 Å². The second-order valence-corrected chi connectivity index (χ2v) is 12.4. The first-order valence-electron chi connectivity index (χ1n) is 14.4. The Balaban J connectivity index is 1.67. The molecule has 0 atom stereocenters. The molecule has 0 radical (unpaired) electrons. The summed E-state index contributed by atoms with van der Waals surface area (Å²) in [6.07, 6.45) is 1.57. The molecule has 10 heteroatoms. The molecule has 5 rings (SSSR count). The van der Waals surface area contributed by atoms with Crippen molar-refractivity contribution >= 4 is 56.2 Å². The molecule has 0 aliphatic heterocycles. The smallest absolute Gasteiger partial charge is 0.282 e. The van der Waals surface area contributed by atoms with Crippen LogP contribution in [0, 0.1) is 6.92 Å². The summed E-state index contributed by atoms with van der Waals surface area (Å²) in [6, 6.07) is 20.1. The molecule has 232 valence electrons. The third kappa shape index (κ3) is 7.03. The summed E-state index contributed by atoms with van der Waals surface area (Å²) < 4.78 is 19.9.